The van der Waals surface area contributed by atoms with Gasteiger partial charge in [-0.15, -0.1) is 0 Å². The fraction of sp³-hybridized carbons (Fsp3) is 0.400. The molecule has 3 heteroatoms. The minimum atomic E-state index is -0.900. The molecule has 230 valence electrons. The number of hydrogen-bond donors (Lipinski definition) is 1. The molecular weight excluding hydrogens is 528 g/mol. The summed E-state index contributed by atoms with van der Waals surface area (Å²) in [5.41, 5.74) is 7.05. The van der Waals surface area contributed by atoms with Crippen molar-refractivity contribution >= 4 is 11.6 Å². The zero-order valence-electron chi connectivity index (χ0n) is 28.0. The lowest BCUT2D eigenvalue weighted by atomic mass is 9.68. The van der Waals surface area contributed by atoms with E-state index >= 15 is 0 Å². The molecule has 0 saturated carbocycles. The van der Waals surface area contributed by atoms with Crippen LogP contribution in [-0.4, -0.2) is 22.8 Å². The van der Waals surface area contributed by atoms with Crippen molar-refractivity contribution in [3.63, 3.8) is 0 Å². The molecular formula is C40H52O3. The highest BCUT2D eigenvalue weighted by molar-refractivity contribution is 6.00. The van der Waals surface area contributed by atoms with E-state index in [1.807, 2.05) is 43.4 Å². The van der Waals surface area contributed by atoms with Crippen molar-refractivity contribution in [3.05, 3.63) is 130 Å². The summed E-state index contributed by atoms with van der Waals surface area (Å²) in [7, 11) is 0. The highest BCUT2D eigenvalue weighted by atomic mass is 16.3. The van der Waals surface area contributed by atoms with Crippen molar-refractivity contribution in [2.45, 2.75) is 88.2 Å². The number of hydrogen-bond acceptors (Lipinski definition) is 3. The van der Waals surface area contributed by atoms with Crippen LogP contribution in [0, 0.1) is 16.7 Å². The molecule has 3 nitrogen and oxygen atoms in total. The molecule has 0 aliphatic heterocycles. The number of aliphatic hydroxyl groups excluding tert-OH is 1. The quantitative estimate of drug-likeness (QED) is 0.262. The third-order valence-corrected chi connectivity index (χ3v) is 8.19. The Morgan fingerprint density at radius 2 is 1.26 bits per heavy atom. The van der Waals surface area contributed by atoms with Crippen LogP contribution in [0.25, 0.3) is 0 Å². The maximum absolute atomic E-state index is 12.2. The van der Waals surface area contributed by atoms with Crippen LogP contribution in [0.5, 0.6) is 0 Å². The summed E-state index contributed by atoms with van der Waals surface area (Å²) in [4.78, 5) is 24.1. The topological polar surface area (TPSA) is 54.4 Å². The van der Waals surface area contributed by atoms with Crippen LogP contribution < -0.4 is 0 Å². The molecule has 0 aromatic rings. The van der Waals surface area contributed by atoms with E-state index in [0.29, 0.717) is 18.4 Å². The van der Waals surface area contributed by atoms with E-state index in [-0.39, 0.29) is 28.3 Å². The summed E-state index contributed by atoms with van der Waals surface area (Å²) in [5, 5.41) is 10.0. The molecule has 1 N–H and O–H groups in total. The molecule has 0 aromatic carbocycles. The molecule has 0 radical (unpaired) electrons. The van der Waals surface area contributed by atoms with E-state index < -0.39 is 6.10 Å². The van der Waals surface area contributed by atoms with Gasteiger partial charge < -0.3 is 5.11 Å². The van der Waals surface area contributed by atoms with Crippen LogP contribution in [-0.2, 0) is 9.59 Å². The predicted molar refractivity (Wildman–Crippen MR) is 183 cm³/mol. The Morgan fingerprint density at radius 3 is 1.79 bits per heavy atom. The summed E-state index contributed by atoms with van der Waals surface area (Å²) in [6.45, 7) is 20.6. The zero-order chi connectivity index (χ0) is 32.4. The third-order valence-electron chi connectivity index (χ3n) is 8.19. The summed E-state index contributed by atoms with van der Waals surface area (Å²) < 4.78 is 0. The van der Waals surface area contributed by atoms with Crippen molar-refractivity contribution in [1.82, 2.24) is 0 Å². The first-order chi connectivity index (χ1) is 20.0. The molecule has 2 atom stereocenters. The molecule has 0 amide bonds. The van der Waals surface area contributed by atoms with Gasteiger partial charge in [-0.2, -0.15) is 0 Å². The van der Waals surface area contributed by atoms with E-state index in [4.69, 9.17) is 0 Å². The number of carbonyl (C=O) groups is 2. The van der Waals surface area contributed by atoms with E-state index in [1.54, 1.807) is 13.0 Å². The van der Waals surface area contributed by atoms with Crippen molar-refractivity contribution in [2.75, 3.05) is 0 Å². The Morgan fingerprint density at radius 1 is 0.767 bits per heavy atom. The van der Waals surface area contributed by atoms with Gasteiger partial charge in [0, 0.05) is 12.3 Å². The SMILES string of the molecule is CC(C=CC=C(C)C=CC1=C(C)C(=O)C(O)CC1(C)C)=CC=CC=C(C)C=CC=C(C)C=CC1C(C)=CC(=O)CC1(C)C. The molecule has 43 heavy (non-hydrogen) atoms. The fourth-order valence-electron chi connectivity index (χ4n) is 5.71. The largest absolute Gasteiger partial charge is 0.385 e. The summed E-state index contributed by atoms with van der Waals surface area (Å²) >= 11 is 0. The smallest absolute Gasteiger partial charge is 0.187 e. The number of Topliss-reactive ketones (excluding diaryl/α,β-unsaturated/α-hetero) is 1. The highest BCUT2D eigenvalue weighted by Gasteiger charge is 2.36. The van der Waals surface area contributed by atoms with Crippen LogP contribution in [0.2, 0.25) is 0 Å². The molecule has 0 fully saturated rings. The van der Waals surface area contributed by atoms with Gasteiger partial charge in [0.1, 0.15) is 6.10 Å². The van der Waals surface area contributed by atoms with Gasteiger partial charge in [0.2, 0.25) is 0 Å². The number of allylic oxidation sites excluding steroid dienone is 21. The Labute approximate surface area is 260 Å². The van der Waals surface area contributed by atoms with Crippen molar-refractivity contribution in [1.29, 1.82) is 0 Å². The standard InChI is InChI=1S/C40H52O3/c1-28(17-13-19-30(3)21-23-35-32(5)25-34(41)26-39(35,7)8)15-11-12-16-29(2)18-14-20-31(4)22-24-36-33(6)38(43)37(42)27-40(36,9)10/h11-25,35,37,42H,26-27H2,1-10H3. The van der Waals surface area contributed by atoms with Crippen LogP contribution >= 0.6 is 0 Å². The maximum atomic E-state index is 12.2. The van der Waals surface area contributed by atoms with Crippen molar-refractivity contribution in [3.8, 4) is 0 Å². The lowest BCUT2D eigenvalue weighted by Gasteiger charge is -2.35. The zero-order valence-corrected chi connectivity index (χ0v) is 28.0. The molecule has 0 bridgehead atoms. The van der Waals surface area contributed by atoms with Crippen LogP contribution in [0.1, 0.15) is 82.1 Å². The van der Waals surface area contributed by atoms with Gasteiger partial charge in [0.15, 0.2) is 11.6 Å². The Kier molecular flexibility index (Phi) is 13.1. The Balaban J connectivity index is 1.92. The second-order valence-electron chi connectivity index (χ2n) is 13.4. The first kappa shape index (κ1) is 35.6. The Hall–Kier alpha value is -3.56. The van der Waals surface area contributed by atoms with Crippen LogP contribution in [0.3, 0.4) is 0 Å². The van der Waals surface area contributed by atoms with Gasteiger partial charge in [-0.25, -0.2) is 0 Å². The van der Waals surface area contributed by atoms with Crippen LogP contribution in [0.4, 0.5) is 0 Å². The summed E-state index contributed by atoms with van der Waals surface area (Å²) in [6, 6.07) is 0. The minimum absolute atomic E-state index is 0.0523. The number of ketones is 2. The van der Waals surface area contributed by atoms with Gasteiger partial charge in [0.25, 0.3) is 0 Å². The van der Waals surface area contributed by atoms with E-state index in [0.717, 1.165) is 27.9 Å². The molecule has 2 unspecified atom stereocenters. The van der Waals surface area contributed by atoms with Crippen molar-refractivity contribution in [2.24, 2.45) is 16.7 Å². The van der Waals surface area contributed by atoms with Gasteiger partial charge in [0.05, 0.1) is 0 Å². The van der Waals surface area contributed by atoms with Gasteiger partial charge in [-0.3, -0.25) is 9.59 Å². The monoisotopic (exact) mass is 580 g/mol. The normalized spacial score (nSPS) is 24.6. The first-order valence-corrected chi connectivity index (χ1v) is 15.3. The highest BCUT2D eigenvalue weighted by Crippen LogP contribution is 2.41. The number of carbonyl (C=O) groups excluding carboxylic acids is 2. The predicted octanol–water partition coefficient (Wildman–Crippen LogP) is 9.79. The molecule has 2 aliphatic rings. The van der Waals surface area contributed by atoms with E-state index in [2.05, 4.69) is 104 Å². The van der Waals surface area contributed by atoms with Crippen LogP contribution in [0.15, 0.2) is 130 Å². The first-order valence-electron chi connectivity index (χ1n) is 15.3. The van der Waals surface area contributed by atoms with Gasteiger partial charge in [-0.05, 0) is 76.0 Å². The minimum Gasteiger partial charge on any atom is -0.385 e. The maximum Gasteiger partial charge on any atom is 0.187 e. The summed E-state index contributed by atoms with van der Waals surface area (Å²) in [6.07, 6.45) is 31.0. The van der Waals surface area contributed by atoms with E-state index in [9.17, 15) is 14.7 Å². The molecule has 0 heterocycles. The van der Waals surface area contributed by atoms with Gasteiger partial charge in [-0.1, -0.05) is 141 Å². The second-order valence-corrected chi connectivity index (χ2v) is 13.4. The molecule has 0 saturated heterocycles. The van der Waals surface area contributed by atoms with Crippen molar-refractivity contribution < 1.29 is 14.7 Å². The summed E-state index contributed by atoms with van der Waals surface area (Å²) in [5.74, 6) is 0.334. The van der Waals surface area contributed by atoms with Gasteiger partial charge >= 0.3 is 0 Å². The average molecular weight is 581 g/mol. The molecule has 2 aliphatic carbocycles. The van der Waals surface area contributed by atoms with E-state index in [1.165, 1.54) is 5.57 Å². The lowest BCUT2D eigenvalue weighted by molar-refractivity contribution is -0.125. The molecule has 0 spiro atoms. The second kappa shape index (κ2) is 15.8. The third kappa shape index (κ3) is 11.2. The molecule has 0 aromatic heterocycles. The average Bonchev–Trinajstić information content (AvgIpc) is 2.88. The number of rotatable bonds is 10. The fourth-order valence-corrected chi connectivity index (χ4v) is 5.71. The molecule has 2 rings (SSSR count). The number of aliphatic hydroxyl groups is 1. The lowest BCUT2D eigenvalue weighted by Crippen LogP contribution is -2.35. The Bertz CT molecular complexity index is 1400.